The summed E-state index contributed by atoms with van der Waals surface area (Å²) >= 11 is 6.00. The van der Waals surface area contributed by atoms with E-state index >= 15 is 0 Å². The number of rotatable bonds is 4. The average molecular weight is 425 g/mol. The van der Waals surface area contributed by atoms with Crippen LogP contribution < -0.4 is 10.9 Å². The van der Waals surface area contributed by atoms with Crippen molar-refractivity contribution >= 4 is 27.3 Å². The molecule has 29 heavy (non-hydrogen) atoms. The van der Waals surface area contributed by atoms with Crippen molar-refractivity contribution in [3.05, 3.63) is 83.9 Å². The molecule has 4 aromatic rings. The van der Waals surface area contributed by atoms with Gasteiger partial charge in [0.05, 0.1) is 17.1 Å². The zero-order valence-electron chi connectivity index (χ0n) is 15.2. The lowest BCUT2D eigenvalue weighted by Crippen LogP contribution is -2.16. The number of primary sulfonamides is 1. The highest BCUT2D eigenvalue weighted by Crippen LogP contribution is 2.33. The third-order valence-corrected chi connectivity index (χ3v) is 5.70. The largest absolute Gasteiger partial charge is 0.398 e. The molecule has 0 spiro atoms. The van der Waals surface area contributed by atoms with Crippen LogP contribution in [0.15, 0.2) is 83.8 Å². The van der Waals surface area contributed by atoms with Gasteiger partial charge in [0.25, 0.3) is 0 Å². The zero-order chi connectivity index (χ0) is 20.6. The molecule has 6 nitrogen and oxygen atoms in total. The molecule has 0 aliphatic heterocycles. The predicted molar refractivity (Wildman–Crippen MR) is 115 cm³/mol. The van der Waals surface area contributed by atoms with Crippen molar-refractivity contribution in [2.24, 2.45) is 5.14 Å². The molecule has 0 saturated heterocycles. The normalized spacial score (nSPS) is 11.5. The molecule has 0 bridgehead atoms. The maximum Gasteiger partial charge on any atom is 0.240 e. The van der Waals surface area contributed by atoms with E-state index in [2.05, 4.69) is 5.10 Å². The average Bonchev–Trinajstić information content (AvgIpc) is 3.13. The Bertz CT molecular complexity index is 1300. The number of hydrogen-bond acceptors (Lipinski definition) is 4. The lowest BCUT2D eigenvalue weighted by atomic mass is 10.1. The second-order valence-corrected chi connectivity index (χ2v) is 8.40. The van der Waals surface area contributed by atoms with Crippen LogP contribution in [0.3, 0.4) is 0 Å². The summed E-state index contributed by atoms with van der Waals surface area (Å²) in [6.45, 7) is 0. The lowest BCUT2D eigenvalue weighted by Gasteiger charge is -2.12. The van der Waals surface area contributed by atoms with Crippen LogP contribution >= 0.6 is 11.6 Å². The molecule has 0 aliphatic carbocycles. The van der Waals surface area contributed by atoms with Crippen LogP contribution in [0, 0.1) is 0 Å². The standard InChI is InChI=1S/C21H17ClN4O2S/c22-15-11-9-14(10-12-15)18-13-20(16-5-1-2-6-17(16)23)26(25-18)19-7-3-4-8-21(19)29(24,27)28/h1-13H,23H2,(H2,24,27,28). The smallest absolute Gasteiger partial charge is 0.240 e. The summed E-state index contributed by atoms with van der Waals surface area (Å²) in [5, 5.41) is 10.7. The summed E-state index contributed by atoms with van der Waals surface area (Å²) in [4.78, 5) is -0.0264. The topological polar surface area (TPSA) is 104 Å². The Hall–Kier alpha value is -3.13. The Balaban J connectivity index is 2.01. The first-order valence-electron chi connectivity index (χ1n) is 8.68. The first-order valence-corrected chi connectivity index (χ1v) is 10.6. The SMILES string of the molecule is Nc1ccccc1-c1cc(-c2ccc(Cl)cc2)nn1-c1ccccc1S(N)(=O)=O. The van der Waals surface area contributed by atoms with Crippen LogP contribution in [0.2, 0.25) is 5.02 Å². The van der Waals surface area contributed by atoms with Crippen LogP contribution in [0.5, 0.6) is 0 Å². The minimum Gasteiger partial charge on any atom is -0.398 e. The number of halogens is 1. The molecule has 3 aromatic carbocycles. The molecule has 8 heteroatoms. The molecule has 146 valence electrons. The van der Waals surface area contributed by atoms with Crippen LogP contribution in [0.1, 0.15) is 0 Å². The van der Waals surface area contributed by atoms with Gasteiger partial charge in [-0.25, -0.2) is 18.2 Å². The second-order valence-electron chi connectivity index (χ2n) is 6.43. The van der Waals surface area contributed by atoms with Crippen molar-refractivity contribution in [2.45, 2.75) is 4.90 Å². The number of nitrogens with two attached hydrogens (primary N) is 2. The number of benzene rings is 3. The summed E-state index contributed by atoms with van der Waals surface area (Å²) in [5.74, 6) is 0. The highest BCUT2D eigenvalue weighted by molar-refractivity contribution is 7.89. The second kappa shape index (κ2) is 7.36. The number of para-hydroxylation sites is 2. The quantitative estimate of drug-likeness (QED) is 0.481. The number of aromatic nitrogens is 2. The number of sulfonamides is 1. The van der Waals surface area contributed by atoms with Gasteiger partial charge in [-0.1, -0.05) is 54.1 Å². The van der Waals surface area contributed by atoms with E-state index in [4.69, 9.17) is 22.5 Å². The Morgan fingerprint density at radius 2 is 1.55 bits per heavy atom. The molecule has 1 aromatic heterocycles. The van der Waals surface area contributed by atoms with Crippen molar-refractivity contribution in [1.29, 1.82) is 0 Å². The third-order valence-electron chi connectivity index (χ3n) is 4.49. The maximum atomic E-state index is 12.2. The molecule has 1 heterocycles. The van der Waals surface area contributed by atoms with E-state index in [9.17, 15) is 8.42 Å². The van der Waals surface area contributed by atoms with E-state index in [1.165, 1.54) is 6.07 Å². The van der Waals surface area contributed by atoms with E-state index in [1.807, 2.05) is 36.4 Å². The summed E-state index contributed by atoms with van der Waals surface area (Å²) in [6, 6.07) is 22.9. The Labute approximate surface area is 173 Å². The monoisotopic (exact) mass is 424 g/mol. The maximum absolute atomic E-state index is 12.2. The van der Waals surface area contributed by atoms with Gasteiger partial charge < -0.3 is 5.73 Å². The van der Waals surface area contributed by atoms with E-state index in [0.717, 1.165) is 11.1 Å². The molecule has 4 rings (SSSR count). The van der Waals surface area contributed by atoms with E-state index in [1.54, 1.807) is 41.1 Å². The highest BCUT2D eigenvalue weighted by Gasteiger charge is 2.20. The molecule has 0 unspecified atom stereocenters. The zero-order valence-corrected chi connectivity index (χ0v) is 16.7. The van der Waals surface area contributed by atoms with Crippen LogP contribution in [-0.2, 0) is 10.0 Å². The summed E-state index contributed by atoms with van der Waals surface area (Å²) in [6.07, 6.45) is 0. The molecule has 0 atom stereocenters. The van der Waals surface area contributed by atoms with Crippen molar-refractivity contribution in [2.75, 3.05) is 5.73 Å². The Kier molecular flexibility index (Phi) is 4.87. The predicted octanol–water partition coefficient (Wildman–Crippen LogP) is 4.09. The number of hydrogen-bond donors (Lipinski definition) is 2. The van der Waals surface area contributed by atoms with Crippen LogP contribution in [-0.4, -0.2) is 18.2 Å². The minimum absolute atomic E-state index is 0.0264. The molecular weight excluding hydrogens is 408 g/mol. The number of anilines is 1. The molecule has 0 amide bonds. The van der Waals surface area contributed by atoms with Gasteiger partial charge in [-0.2, -0.15) is 5.10 Å². The summed E-state index contributed by atoms with van der Waals surface area (Å²) < 4.78 is 25.9. The molecule has 0 aliphatic rings. The van der Waals surface area contributed by atoms with Crippen molar-refractivity contribution < 1.29 is 8.42 Å². The van der Waals surface area contributed by atoms with E-state index in [0.29, 0.717) is 27.8 Å². The molecule has 4 N–H and O–H groups in total. The van der Waals surface area contributed by atoms with Gasteiger partial charge >= 0.3 is 0 Å². The first-order chi connectivity index (χ1) is 13.8. The van der Waals surface area contributed by atoms with Gasteiger partial charge in [-0.3, -0.25) is 0 Å². The minimum atomic E-state index is -3.96. The molecule has 0 radical (unpaired) electrons. The van der Waals surface area contributed by atoms with Gasteiger partial charge in [0.2, 0.25) is 10.0 Å². The van der Waals surface area contributed by atoms with Crippen molar-refractivity contribution in [3.8, 4) is 28.2 Å². The fourth-order valence-electron chi connectivity index (χ4n) is 3.12. The van der Waals surface area contributed by atoms with Crippen LogP contribution in [0.4, 0.5) is 5.69 Å². The first kappa shape index (κ1) is 19.2. The van der Waals surface area contributed by atoms with Crippen molar-refractivity contribution in [3.63, 3.8) is 0 Å². The van der Waals surface area contributed by atoms with Gasteiger partial charge in [0.15, 0.2) is 0 Å². The third kappa shape index (κ3) is 3.75. The fraction of sp³-hybridized carbons (Fsp3) is 0. The van der Waals surface area contributed by atoms with Gasteiger partial charge in [0, 0.05) is 21.8 Å². The Morgan fingerprint density at radius 1 is 0.897 bits per heavy atom. The molecule has 0 fully saturated rings. The summed E-state index contributed by atoms with van der Waals surface area (Å²) in [5.41, 5.74) is 9.92. The molecule has 0 saturated carbocycles. The number of nitrogens with zero attached hydrogens (tertiary/aromatic N) is 2. The highest BCUT2D eigenvalue weighted by atomic mass is 35.5. The van der Waals surface area contributed by atoms with Gasteiger partial charge in [0.1, 0.15) is 4.90 Å². The Morgan fingerprint density at radius 3 is 2.24 bits per heavy atom. The van der Waals surface area contributed by atoms with Gasteiger partial charge in [-0.05, 0) is 36.4 Å². The van der Waals surface area contributed by atoms with E-state index < -0.39 is 10.0 Å². The number of nitrogen functional groups attached to an aromatic ring is 1. The van der Waals surface area contributed by atoms with Crippen LogP contribution in [0.25, 0.3) is 28.2 Å². The van der Waals surface area contributed by atoms with Crippen molar-refractivity contribution in [1.82, 2.24) is 9.78 Å². The lowest BCUT2D eigenvalue weighted by molar-refractivity contribution is 0.596. The van der Waals surface area contributed by atoms with E-state index in [-0.39, 0.29) is 4.90 Å². The fourth-order valence-corrected chi connectivity index (χ4v) is 3.96. The summed E-state index contributed by atoms with van der Waals surface area (Å²) in [7, 11) is -3.96. The van der Waals surface area contributed by atoms with Gasteiger partial charge in [-0.15, -0.1) is 0 Å². The molecular formula is C21H17ClN4O2S.